The van der Waals surface area contributed by atoms with Gasteiger partial charge in [-0.25, -0.2) is 4.79 Å². The van der Waals surface area contributed by atoms with Crippen molar-refractivity contribution in [3.8, 4) is 5.75 Å². The number of carboxylic acids is 1. The van der Waals surface area contributed by atoms with E-state index in [0.717, 1.165) is 17.7 Å². The summed E-state index contributed by atoms with van der Waals surface area (Å²) in [6.45, 7) is 2.06. The molecule has 0 aliphatic heterocycles. The molecule has 0 bridgehead atoms. The SMILES string of the molecule is CCC(Nc1ccccc1C(=O)O)c1ccc(OC)cc1. The normalized spacial score (nSPS) is 11.7. The highest BCUT2D eigenvalue weighted by Gasteiger charge is 2.14. The van der Waals surface area contributed by atoms with E-state index in [1.54, 1.807) is 25.3 Å². The van der Waals surface area contributed by atoms with Crippen LogP contribution in [0.3, 0.4) is 0 Å². The fourth-order valence-corrected chi connectivity index (χ4v) is 2.24. The number of carbonyl (C=O) groups is 1. The summed E-state index contributed by atoms with van der Waals surface area (Å²) < 4.78 is 5.15. The summed E-state index contributed by atoms with van der Waals surface area (Å²) in [5.41, 5.74) is 2.01. The Morgan fingerprint density at radius 1 is 1.19 bits per heavy atom. The highest BCUT2D eigenvalue weighted by atomic mass is 16.5. The molecule has 0 spiro atoms. The van der Waals surface area contributed by atoms with Crippen molar-refractivity contribution in [2.75, 3.05) is 12.4 Å². The number of benzene rings is 2. The van der Waals surface area contributed by atoms with E-state index in [0.29, 0.717) is 5.69 Å². The molecule has 0 radical (unpaired) electrons. The van der Waals surface area contributed by atoms with Crippen molar-refractivity contribution in [3.63, 3.8) is 0 Å². The maximum atomic E-state index is 11.3. The Kier molecular flexibility index (Phi) is 4.82. The summed E-state index contributed by atoms with van der Waals surface area (Å²) in [5, 5.41) is 12.5. The van der Waals surface area contributed by atoms with E-state index in [4.69, 9.17) is 4.74 Å². The van der Waals surface area contributed by atoms with Crippen LogP contribution in [0.5, 0.6) is 5.75 Å². The van der Waals surface area contributed by atoms with Crippen LogP contribution < -0.4 is 10.1 Å². The van der Waals surface area contributed by atoms with Crippen molar-refractivity contribution >= 4 is 11.7 Å². The van der Waals surface area contributed by atoms with Gasteiger partial charge in [-0.1, -0.05) is 31.2 Å². The number of hydrogen-bond donors (Lipinski definition) is 2. The summed E-state index contributed by atoms with van der Waals surface area (Å²) in [5.74, 6) is -0.123. The first-order chi connectivity index (χ1) is 10.2. The molecule has 4 nitrogen and oxygen atoms in total. The Bertz CT molecular complexity index is 608. The van der Waals surface area contributed by atoms with Crippen molar-refractivity contribution in [1.29, 1.82) is 0 Å². The molecule has 0 fully saturated rings. The zero-order valence-electron chi connectivity index (χ0n) is 12.2. The van der Waals surface area contributed by atoms with Gasteiger partial charge in [0, 0.05) is 5.69 Å². The van der Waals surface area contributed by atoms with Crippen molar-refractivity contribution in [2.45, 2.75) is 19.4 Å². The lowest BCUT2D eigenvalue weighted by molar-refractivity contribution is 0.0698. The molecule has 0 aliphatic carbocycles. The monoisotopic (exact) mass is 285 g/mol. The zero-order chi connectivity index (χ0) is 15.2. The van der Waals surface area contributed by atoms with Crippen LogP contribution in [0, 0.1) is 0 Å². The zero-order valence-corrected chi connectivity index (χ0v) is 12.2. The third kappa shape index (κ3) is 3.54. The molecule has 4 heteroatoms. The summed E-state index contributed by atoms with van der Waals surface area (Å²) in [4.78, 5) is 11.3. The minimum Gasteiger partial charge on any atom is -0.497 e. The summed E-state index contributed by atoms with van der Waals surface area (Å²) in [7, 11) is 1.63. The van der Waals surface area contributed by atoms with E-state index in [1.807, 2.05) is 30.3 Å². The number of aromatic carboxylic acids is 1. The van der Waals surface area contributed by atoms with Gasteiger partial charge in [-0.3, -0.25) is 0 Å². The quantitative estimate of drug-likeness (QED) is 0.843. The first-order valence-corrected chi connectivity index (χ1v) is 6.88. The Balaban J connectivity index is 2.24. The molecule has 1 unspecified atom stereocenters. The van der Waals surface area contributed by atoms with Crippen LogP contribution in [0.4, 0.5) is 5.69 Å². The van der Waals surface area contributed by atoms with Gasteiger partial charge in [0.25, 0.3) is 0 Å². The average molecular weight is 285 g/mol. The van der Waals surface area contributed by atoms with Gasteiger partial charge in [0.15, 0.2) is 0 Å². The van der Waals surface area contributed by atoms with Gasteiger partial charge < -0.3 is 15.2 Å². The number of carboxylic acid groups (broad SMARTS) is 1. The third-order valence-electron chi connectivity index (χ3n) is 3.41. The van der Waals surface area contributed by atoms with Crippen LogP contribution in [0.15, 0.2) is 48.5 Å². The highest BCUT2D eigenvalue weighted by Crippen LogP contribution is 2.26. The Morgan fingerprint density at radius 3 is 2.43 bits per heavy atom. The molecule has 110 valence electrons. The van der Waals surface area contributed by atoms with E-state index < -0.39 is 5.97 Å². The molecule has 1 atom stereocenters. The molecule has 2 aromatic rings. The van der Waals surface area contributed by atoms with Crippen molar-refractivity contribution in [1.82, 2.24) is 0 Å². The Morgan fingerprint density at radius 2 is 1.86 bits per heavy atom. The van der Waals surface area contributed by atoms with Gasteiger partial charge in [0.2, 0.25) is 0 Å². The van der Waals surface area contributed by atoms with Gasteiger partial charge in [-0.2, -0.15) is 0 Å². The smallest absolute Gasteiger partial charge is 0.337 e. The standard InChI is InChI=1S/C17H19NO3/c1-3-15(12-8-10-13(21-2)11-9-12)18-16-7-5-4-6-14(16)17(19)20/h4-11,15,18H,3H2,1-2H3,(H,19,20). The fraction of sp³-hybridized carbons (Fsp3) is 0.235. The predicted molar refractivity (Wildman–Crippen MR) is 83.1 cm³/mol. The predicted octanol–water partition coefficient (Wildman–Crippen LogP) is 3.96. The molecule has 0 saturated carbocycles. The second-order valence-electron chi connectivity index (χ2n) is 4.73. The highest BCUT2D eigenvalue weighted by molar-refractivity contribution is 5.94. The molecule has 0 aliphatic rings. The average Bonchev–Trinajstić information content (AvgIpc) is 2.53. The first-order valence-electron chi connectivity index (χ1n) is 6.88. The summed E-state index contributed by atoms with van der Waals surface area (Å²) >= 11 is 0. The van der Waals surface area contributed by atoms with Crippen LogP contribution in [-0.2, 0) is 0 Å². The lowest BCUT2D eigenvalue weighted by Gasteiger charge is -2.20. The second-order valence-corrected chi connectivity index (χ2v) is 4.73. The van der Waals surface area contributed by atoms with Crippen LogP contribution >= 0.6 is 0 Å². The molecule has 0 heterocycles. The lowest BCUT2D eigenvalue weighted by atomic mass is 10.0. The topological polar surface area (TPSA) is 58.6 Å². The third-order valence-corrected chi connectivity index (χ3v) is 3.41. The molecule has 2 aromatic carbocycles. The molecule has 21 heavy (non-hydrogen) atoms. The minimum atomic E-state index is -0.928. The van der Waals surface area contributed by atoms with Crippen molar-refractivity contribution in [3.05, 3.63) is 59.7 Å². The molecule has 0 amide bonds. The Labute approximate surface area is 124 Å². The van der Waals surface area contributed by atoms with Crippen molar-refractivity contribution in [2.24, 2.45) is 0 Å². The number of hydrogen-bond acceptors (Lipinski definition) is 3. The summed E-state index contributed by atoms with van der Waals surface area (Å²) in [6.07, 6.45) is 0.848. The Hall–Kier alpha value is -2.49. The first kappa shape index (κ1) is 14.9. The number of ether oxygens (including phenoxy) is 1. The number of rotatable bonds is 6. The van der Waals surface area contributed by atoms with Gasteiger partial charge in [0.1, 0.15) is 5.75 Å². The molecule has 2 N–H and O–H groups in total. The molecule has 0 saturated heterocycles. The summed E-state index contributed by atoms with van der Waals surface area (Å²) in [6, 6.07) is 14.8. The van der Waals surface area contributed by atoms with Gasteiger partial charge >= 0.3 is 5.97 Å². The van der Waals surface area contributed by atoms with E-state index in [1.165, 1.54) is 0 Å². The van der Waals surface area contributed by atoms with E-state index in [9.17, 15) is 9.90 Å². The number of para-hydroxylation sites is 1. The number of nitrogens with one attached hydrogen (secondary N) is 1. The van der Waals surface area contributed by atoms with Gasteiger partial charge in [0.05, 0.1) is 18.7 Å². The maximum absolute atomic E-state index is 11.3. The van der Waals surface area contributed by atoms with Crippen LogP contribution in [0.1, 0.15) is 35.3 Å². The minimum absolute atomic E-state index is 0.0522. The van der Waals surface area contributed by atoms with Crippen LogP contribution in [-0.4, -0.2) is 18.2 Å². The van der Waals surface area contributed by atoms with Crippen molar-refractivity contribution < 1.29 is 14.6 Å². The largest absolute Gasteiger partial charge is 0.497 e. The maximum Gasteiger partial charge on any atom is 0.337 e. The van der Waals surface area contributed by atoms with Gasteiger partial charge in [-0.05, 0) is 36.2 Å². The molecule has 2 rings (SSSR count). The second kappa shape index (κ2) is 6.79. The number of methoxy groups -OCH3 is 1. The number of anilines is 1. The molecular weight excluding hydrogens is 266 g/mol. The molecule has 0 aromatic heterocycles. The lowest BCUT2D eigenvalue weighted by Crippen LogP contribution is -2.12. The van der Waals surface area contributed by atoms with Gasteiger partial charge in [-0.15, -0.1) is 0 Å². The van der Waals surface area contributed by atoms with E-state index >= 15 is 0 Å². The van der Waals surface area contributed by atoms with Crippen LogP contribution in [0.25, 0.3) is 0 Å². The van der Waals surface area contributed by atoms with Crippen LogP contribution in [0.2, 0.25) is 0 Å². The van der Waals surface area contributed by atoms with E-state index in [-0.39, 0.29) is 11.6 Å². The molecular formula is C17H19NO3. The fourth-order valence-electron chi connectivity index (χ4n) is 2.24. The van der Waals surface area contributed by atoms with E-state index in [2.05, 4.69) is 12.2 Å².